The summed E-state index contributed by atoms with van der Waals surface area (Å²) in [4.78, 5) is 17.9. The summed E-state index contributed by atoms with van der Waals surface area (Å²) in [6.45, 7) is 16.3. The Bertz CT molecular complexity index is 167. The Labute approximate surface area is 111 Å². The molecule has 0 aliphatic rings. The molecule has 0 fully saturated rings. The Morgan fingerprint density at radius 3 is 1.06 bits per heavy atom. The standard InChI is InChI=1S/C8H20N.2C2H4O2.H3N/c1-5-9(6-2,7-3)8-4;2*1-2(3)4;/h5-8H2,1-4H3;2*1H3,(H,3,4);1H3/q+1;;;/p-1. The van der Waals surface area contributed by atoms with E-state index in [1.807, 2.05) is 0 Å². The van der Waals surface area contributed by atoms with Crippen LogP contribution in [0.15, 0.2) is 0 Å². The van der Waals surface area contributed by atoms with Gasteiger partial charge in [0.1, 0.15) is 0 Å². The van der Waals surface area contributed by atoms with Crippen LogP contribution in [-0.2, 0) is 9.59 Å². The fourth-order valence-electron chi connectivity index (χ4n) is 1.34. The van der Waals surface area contributed by atoms with Gasteiger partial charge in [0.15, 0.2) is 0 Å². The molecule has 6 nitrogen and oxygen atoms in total. The van der Waals surface area contributed by atoms with Gasteiger partial charge in [-0.05, 0) is 34.6 Å². The summed E-state index contributed by atoms with van der Waals surface area (Å²) < 4.78 is 1.28. The number of nitrogens with zero attached hydrogens (tertiary/aromatic N) is 1. The normalized spacial score (nSPS) is 8.78. The summed E-state index contributed by atoms with van der Waals surface area (Å²) in [5, 5.41) is 16.3. The molecule has 0 atom stereocenters. The van der Waals surface area contributed by atoms with Crippen molar-refractivity contribution in [2.45, 2.75) is 41.5 Å². The SMILES string of the molecule is CC(=O)O.CC(=O)[O-].CC[N+](CC)(CC)CC.N. The van der Waals surface area contributed by atoms with Gasteiger partial charge in [-0.1, -0.05) is 0 Å². The third-order valence-corrected chi connectivity index (χ3v) is 2.68. The molecule has 112 valence electrons. The summed E-state index contributed by atoms with van der Waals surface area (Å²) >= 11 is 0. The van der Waals surface area contributed by atoms with Crippen molar-refractivity contribution in [3.8, 4) is 0 Å². The third-order valence-electron chi connectivity index (χ3n) is 2.68. The molecular weight excluding hydrogens is 236 g/mol. The molecule has 18 heavy (non-hydrogen) atoms. The number of carboxylic acid groups (broad SMARTS) is 2. The monoisotopic (exact) mass is 266 g/mol. The average Bonchev–Trinajstić information content (AvgIpc) is 2.20. The molecule has 0 amide bonds. The van der Waals surface area contributed by atoms with E-state index in [0.29, 0.717) is 0 Å². The van der Waals surface area contributed by atoms with Crippen LogP contribution in [0, 0.1) is 0 Å². The number of carbonyl (C=O) groups excluding carboxylic acids is 1. The molecular formula is C12H30N2O4. The molecule has 0 aliphatic carbocycles. The number of hydrogen-bond acceptors (Lipinski definition) is 4. The zero-order valence-corrected chi connectivity index (χ0v) is 12.7. The first-order chi connectivity index (χ1) is 7.71. The third kappa shape index (κ3) is 24.2. The van der Waals surface area contributed by atoms with Crippen molar-refractivity contribution < 1.29 is 24.3 Å². The van der Waals surface area contributed by atoms with E-state index >= 15 is 0 Å². The predicted molar refractivity (Wildman–Crippen MR) is 71.4 cm³/mol. The van der Waals surface area contributed by atoms with Gasteiger partial charge in [-0.2, -0.15) is 0 Å². The zero-order valence-electron chi connectivity index (χ0n) is 12.7. The highest BCUT2D eigenvalue weighted by Gasteiger charge is 2.16. The number of carbonyl (C=O) groups is 2. The van der Waals surface area contributed by atoms with Crippen molar-refractivity contribution in [1.82, 2.24) is 6.15 Å². The van der Waals surface area contributed by atoms with Crippen molar-refractivity contribution in [3.63, 3.8) is 0 Å². The largest absolute Gasteiger partial charge is 0.550 e. The Morgan fingerprint density at radius 1 is 0.944 bits per heavy atom. The van der Waals surface area contributed by atoms with Gasteiger partial charge >= 0.3 is 0 Å². The van der Waals surface area contributed by atoms with Crippen LogP contribution in [0.25, 0.3) is 0 Å². The van der Waals surface area contributed by atoms with E-state index in [4.69, 9.17) is 19.8 Å². The number of hydrogen-bond donors (Lipinski definition) is 2. The predicted octanol–water partition coefficient (Wildman–Crippen LogP) is 0.892. The second-order valence-electron chi connectivity index (χ2n) is 3.62. The van der Waals surface area contributed by atoms with E-state index in [1.54, 1.807) is 0 Å². The fraction of sp³-hybridized carbons (Fsp3) is 0.833. The van der Waals surface area contributed by atoms with Gasteiger partial charge in [-0.15, -0.1) is 0 Å². The maximum absolute atomic E-state index is 9.00. The van der Waals surface area contributed by atoms with E-state index in [0.717, 1.165) is 13.8 Å². The van der Waals surface area contributed by atoms with Crippen molar-refractivity contribution >= 4 is 11.9 Å². The van der Waals surface area contributed by atoms with Crippen LogP contribution >= 0.6 is 0 Å². The minimum atomic E-state index is -1.08. The molecule has 0 aromatic heterocycles. The Morgan fingerprint density at radius 2 is 1.06 bits per heavy atom. The van der Waals surface area contributed by atoms with Gasteiger partial charge in [0, 0.05) is 12.9 Å². The van der Waals surface area contributed by atoms with Crippen LogP contribution in [-0.4, -0.2) is 47.7 Å². The highest BCUT2D eigenvalue weighted by molar-refractivity contribution is 5.63. The Balaban J connectivity index is -0.0000000922. The minimum absolute atomic E-state index is 0. The fourth-order valence-corrected chi connectivity index (χ4v) is 1.34. The van der Waals surface area contributed by atoms with E-state index in [9.17, 15) is 0 Å². The summed E-state index contributed by atoms with van der Waals surface area (Å²) in [5.41, 5.74) is 0. The van der Waals surface area contributed by atoms with Gasteiger partial charge in [-0.25, -0.2) is 0 Å². The lowest BCUT2D eigenvalue weighted by Gasteiger charge is -2.34. The number of rotatable bonds is 4. The summed E-state index contributed by atoms with van der Waals surface area (Å²) in [7, 11) is 0. The molecule has 6 heteroatoms. The van der Waals surface area contributed by atoms with Gasteiger partial charge in [0.05, 0.1) is 26.2 Å². The Hall–Kier alpha value is -1.14. The van der Waals surface area contributed by atoms with E-state index < -0.39 is 11.9 Å². The van der Waals surface area contributed by atoms with E-state index in [1.165, 1.54) is 30.7 Å². The molecule has 0 unspecified atom stereocenters. The second-order valence-corrected chi connectivity index (χ2v) is 3.62. The number of carboxylic acids is 2. The molecule has 0 rings (SSSR count). The van der Waals surface area contributed by atoms with E-state index in [-0.39, 0.29) is 6.15 Å². The van der Waals surface area contributed by atoms with Crippen LogP contribution in [0.1, 0.15) is 41.5 Å². The maximum atomic E-state index is 9.00. The quantitative estimate of drug-likeness (QED) is 0.734. The number of quaternary nitrogens is 1. The van der Waals surface area contributed by atoms with Gasteiger partial charge in [0.25, 0.3) is 5.97 Å². The van der Waals surface area contributed by atoms with Gasteiger partial charge in [0.2, 0.25) is 0 Å². The van der Waals surface area contributed by atoms with Crippen LogP contribution in [0.2, 0.25) is 0 Å². The highest BCUT2D eigenvalue weighted by Crippen LogP contribution is 2.03. The molecule has 0 aromatic rings. The first-order valence-electron chi connectivity index (χ1n) is 5.93. The van der Waals surface area contributed by atoms with Crippen LogP contribution in [0.4, 0.5) is 0 Å². The topological polar surface area (TPSA) is 112 Å². The minimum Gasteiger partial charge on any atom is -0.550 e. The molecule has 0 saturated heterocycles. The van der Waals surface area contributed by atoms with Gasteiger partial charge in [-0.3, -0.25) is 4.79 Å². The lowest BCUT2D eigenvalue weighted by Crippen LogP contribution is -2.47. The maximum Gasteiger partial charge on any atom is 0.300 e. The first kappa shape index (κ1) is 25.6. The Kier molecular flexibility index (Phi) is 22.6. The van der Waals surface area contributed by atoms with Gasteiger partial charge < -0.3 is 25.6 Å². The first-order valence-corrected chi connectivity index (χ1v) is 5.93. The van der Waals surface area contributed by atoms with Crippen molar-refractivity contribution in [2.75, 3.05) is 26.2 Å². The lowest BCUT2D eigenvalue weighted by molar-refractivity contribution is -0.921. The molecule has 0 saturated carbocycles. The summed E-state index contributed by atoms with van der Waals surface area (Å²) in [5.74, 6) is -1.92. The summed E-state index contributed by atoms with van der Waals surface area (Å²) in [6.07, 6.45) is 0. The smallest absolute Gasteiger partial charge is 0.300 e. The summed E-state index contributed by atoms with van der Waals surface area (Å²) in [6, 6.07) is 0. The molecule has 0 spiro atoms. The van der Waals surface area contributed by atoms with E-state index in [2.05, 4.69) is 27.7 Å². The molecule has 4 N–H and O–H groups in total. The number of aliphatic carboxylic acids is 2. The van der Waals surface area contributed by atoms with Crippen molar-refractivity contribution in [3.05, 3.63) is 0 Å². The zero-order chi connectivity index (χ0) is 14.5. The highest BCUT2D eigenvalue weighted by atomic mass is 16.4. The average molecular weight is 266 g/mol. The van der Waals surface area contributed by atoms with Crippen LogP contribution in [0.3, 0.4) is 0 Å². The van der Waals surface area contributed by atoms with Crippen LogP contribution < -0.4 is 11.3 Å². The van der Waals surface area contributed by atoms with Crippen molar-refractivity contribution in [2.24, 2.45) is 0 Å². The molecule has 0 heterocycles. The lowest BCUT2D eigenvalue weighted by atomic mass is 10.3. The second kappa shape index (κ2) is 15.9. The molecule has 0 bridgehead atoms. The molecule has 0 aromatic carbocycles. The molecule has 0 aliphatic heterocycles. The van der Waals surface area contributed by atoms with Crippen molar-refractivity contribution in [1.29, 1.82) is 0 Å². The molecule has 0 radical (unpaired) electrons. The van der Waals surface area contributed by atoms with Crippen LogP contribution in [0.5, 0.6) is 0 Å².